The number of rotatable bonds is 5. The number of hydrogen-bond acceptors (Lipinski definition) is 3. The fraction of sp³-hybridized carbons (Fsp3) is 0.385. The summed E-state index contributed by atoms with van der Waals surface area (Å²) in [5.74, 6) is -0.815. The third-order valence-corrected chi connectivity index (χ3v) is 2.50. The quantitative estimate of drug-likeness (QED) is 0.630. The molecule has 1 rings (SSSR count). The van der Waals surface area contributed by atoms with E-state index in [0.717, 1.165) is 5.56 Å². The molecule has 0 saturated heterocycles. The van der Waals surface area contributed by atoms with Crippen LogP contribution in [0.25, 0.3) is 0 Å². The van der Waals surface area contributed by atoms with Gasteiger partial charge in [-0.2, -0.15) is 0 Å². The van der Waals surface area contributed by atoms with Gasteiger partial charge in [0.05, 0.1) is 12.7 Å². The van der Waals surface area contributed by atoms with Gasteiger partial charge in [-0.3, -0.25) is 9.59 Å². The van der Waals surface area contributed by atoms with Crippen molar-refractivity contribution in [2.45, 2.75) is 26.2 Å². The highest BCUT2D eigenvalue weighted by molar-refractivity contribution is 6.07. The van der Waals surface area contributed by atoms with E-state index in [2.05, 4.69) is 0 Å². The second-order valence-corrected chi connectivity index (χ2v) is 4.11. The van der Waals surface area contributed by atoms with Gasteiger partial charge in [0.1, 0.15) is 12.2 Å². The molecule has 0 aliphatic rings. The van der Waals surface area contributed by atoms with Crippen molar-refractivity contribution in [1.29, 1.82) is 0 Å². The number of benzene rings is 1. The molecule has 0 spiro atoms. The lowest BCUT2D eigenvalue weighted by Crippen LogP contribution is -2.09. The molecule has 17 heavy (non-hydrogen) atoms. The molecular formula is C13H16O4. The highest BCUT2D eigenvalue weighted by Gasteiger charge is 2.16. The van der Waals surface area contributed by atoms with Gasteiger partial charge in [0.15, 0.2) is 5.78 Å². The molecule has 0 heterocycles. The van der Waals surface area contributed by atoms with Crippen molar-refractivity contribution in [2.75, 3.05) is 7.11 Å². The normalized spacial score (nSPS) is 10.4. The van der Waals surface area contributed by atoms with Gasteiger partial charge < -0.3 is 9.84 Å². The Morgan fingerprint density at radius 2 is 2.00 bits per heavy atom. The Balaban J connectivity index is 3.08. The van der Waals surface area contributed by atoms with Crippen LogP contribution in [-0.2, 0) is 4.79 Å². The molecule has 0 atom stereocenters. The average molecular weight is 236 g/mol. The predicted molar refractivity (Wildman–Crippen MR) is 63.7 cm³/mol. The molecule has 0 radical (unpaired) electrons. The molecule has 0 unspecified atom stereocenters. The second-order valence-electron chi connectivity index (χ2n) is 4.11. The molecule has 1 N–H and O–H groups in total. The van der Waals surface area contributed by atoms with E-state index in [1.54, 1.807) is 12.1 Å². The van der Waals surface area contributed by atoms with E-state index in [9.17, 15) is 9.59 Å². The van der Waals surface area contributed by atoms with Crippen LogP contribution in [0.3, 0.4) is 0 Å². The molecule has 0 aromatic heterocycles. The molecule has 0 saturated carbocycles. The first-order valence-corrected chi connectivity index (χ1v) is 5.38. The maximum atomic E-state index is 11.7. The molecule has 0 fully saturated rings. The van der Waals surface area contributed by atoms with Crippen molar-refractivity contribution >= 4 is 11.8 Å². The fourth-order valence-electron chi connectivity index (χ4n) is 1.53. The molecule has 0 amide bonds. The number of carboxylic acids is 1. The average Bonchev–Trinajstić information content (AvgIpc) is 2.27. The Morgan fingerprint density at radius 1 is 1.35 bits per heavy atom. The monoisotopic (exact) mass is 236 g/mol. The molecule has 4 heteroatoms. The molecule has 0 bridgehead atoms. The Bertz CT molecular complexity index is 435. The van der Waals surface area contributed by atoms with E-state index < -0.39 is 18.2 Å². The summed E-state index contributed by atoms with van der Waals surface area (Å²) in [7, 11) is 1.47. The minimum absolute atomic E-state index is 0.319. The van der Waals surface area contributed by atoms with E-state index in [0.29, 0.717) is 17.2 Å². The van der Waals surface area contributed by atoms with Crippen LogP contribution in [-0.4, -0.2) is 24.0 Å². The van der Waals surface area contributed by atoms with Crippen molar-refractivity contribution in [1.82, 2.24) is 0 Å². The zero-order valence-corrected chi connectivity index (χ0v) is 10.2. The molecule has 92 valence electrons. The topological polar surface area (TPSA) is 63.6 Å². The minimum atomic E-state index is -1.13. The highest BCUT2D eigenvalue weighted by atomic mass is 16.5. The smallest absolute Gasteiger partial charge is 0.311 e. The summed E-state index contributed by atoms with van der Waals surface area (Å²) in [6, 6.07) is 5.22. The summed E-state index contributed by atoms with van der Waals surface area (Å²) < 4.78 is 5.13. The Kier molecular flexibility index (Phi) is 4.26. The van der Waals surface area contributed by atoms with Gasteiger partial charge in [-0.25, -0.2) is 0 Å². The standard InChI is InChI=1S/C13H16O4/c1-8(2)9-4-5-10(12(6-9)17-3)11(14)7-13(15)16/h4-6,8H,7H2,1-3H3,(H,15,16). The number of methoxy groups -OCH3 is 1. The molecule has 1 aromatic rings. The molecule has 4 nitrogen and oxygen atoms in total. The number of ketones is 1. The van der Waals surface area contributed by atoms with Crippen LogP contribution in [0.2, 0.25) is 0 Å². The Hall–Kier alpha value is -1.84. The van der Waals surface area contributed by atoms with Gasteiger partial charge in [-0.1, -0.05) is 19.9 Å². The summed E-state index contributed by atoms with van der Waals surface area (Å²) in [6.07, 6.45) is -0.516. The number of carboxylic acid groups (broad SMARTS) is 1. The minimum Gasteiger partial charge on any atom is -0.496 e. The number of carbonyl (C=O) groups excluding carboxylic acids is 1. The number of hydrogen-bond donors (Lipinski definition) is 1. The van der Waals surface area contributed by atoms with Gasteiger partial charge in [0.25, 0.3) is 0 Å². The number of carbonyl (C=O) groups is 2. The number of Topliss-reactive ketones (excluding diaryl/α,β-unsaturated/α-hetero) is 1. The zero-order valence-electron chi connectivity index (χ0n) is 10.2. The maximum absolute atomic E-state index is 11.7. The van der Waals surface area contributed by atoms with Crippen LogP contribution < -0.4 is 4.74 Å². The van der Waals surface area contributed by atoms with E-state index in [-0.39, 0.29) is 0 Å². The first kappa shape index (κ1) is 13.2. The third kappa shape index (κ3) is 3.31. The van der Waals surface area contributed by atoms with Crippen molar-refractivity contribution in [3.8, 4) is 5.75 Å². The molecular weight excluding hydrogens is 220 g/mol. The predicted octanol–water partition coefficient (Wildman–Crippen LogP) is 2.48. The highest BCUT2D eigenvalue weighted by Crippen LogP contribution is 2.25. The maximum Gasteiger partial charge on any atom is 0.311 e. The lowest BCUT2D eigenvalue weighted by atomic mass is 9.98. The third-order valence-electron chi connectivity index (χ3n) is 2.50. The number of aliphatic carboxylic acids is 1. The summed E-state index contributed by atoms with van der Waals surface area (Å²) >= 11 is 0. The molecule has 0 aliphatic heterocycles. The van der Waals surface area contributed by atoms with Crippen LogP contribution in [0.15, 0.2) is 18.2 Å². The lowest BCUT2D eigenvalue weighted by Gasteiger charge is -2.11. The van der Waals surface area contributed by atoms with Gasteiger partial charge in [-0.15, -0.1) is 0 Å². The van der Waals surface area contributed by atoms with E-state index in [1.807, 2.05) is 19.9 Å². The van der Waals surface area contributed by atoms with Crippen LogP contribution in [0.1, 0.15) is 42.1 Å². The SMILES string of the molecule is COc1cc(C(C)C)ccc1C(=O)CC(=O)O. The second kappa shape index (κ2) is 5.48. The summed E-state index contributed by atoms with van der Waals surface area (Å²) in [5, 5.41) is 8.59. The first-order valence-electron chi connectivity index (χ1n) is 5.38. The lowest BCUT2D eigenvalue weighted by molar-refractivity contribution is -0.135. The van der Waals surface area contributed by atoms with Crippen LogP contribution in [0.4, 0.5) is 0 Å². The van der Waals surface area contributed by atoms with Crippen molar-refractivity contribution < 1.29 is 19.4 Å². The van der Waals surface area contributed by atoms with Gasteiger partial charge in [0, 0.05) is 0 Å². The summed E-state index contributed by atoms with van der Waals surface area (Å²) in [6.45, 7) is 4.07. The van der Waals surface area contributed by atoms with Crippen molar-refractivity contribution in [3.05, 3.63) is 29.3 Å². The van der Waals surface area contributed by atoms with Crippen LogP contribution >= 0.6 is 0 Å². The van der Waals surface area contributed by atoms with Gasteiger partial charge in [0.2, 0.25) is 0 Å². The first-order chi connectivity index (χ1) is 7.95. The van der Waals surface area contributed by atoms with Gasteiger partial charge in [-0.05, 0) is 23.6 Å². The zero-order chi connectivity index (χ0) is 13.0. The molecule has 0 aliphatic carbocycles. The fourth-order valence-corrected chi connectivity index (χ4v) is 1.53. The van der Waals surface area contributed by atoms with E-state index in [1.165, 1.54) is 7.11 Å². The van der Waals surface area contributed by atoms with Crippen molar-refractivity contribution in [3.63, 3.8) is 0 Å². The Morgan fingerprint density at radius 3 is 2.47 bits per heavy atom. The van der Waals surface area contributed by atoms with E-state index >= 15 is 0 Å². The summed E-state index contributed by atoms with van der Waals surface area (Å²) in [5.41, 5.74) is 1.37. The van der Waals surface area contributed by atoms with Crippen molar-refractivity contribution in [2.24, 2.45) is 0 Å². The molecule has 1 aromatic carbocycles. The Labute approximate surface area is 100 Å². The van der Waals surface area contributed by atoms with Crippen LogP contribution in [0.5, 0.6) is 5.75 Å². The van der Waals surface area contributed by atoms with E-state index in [4.69, 9.17) is 9.84 Å². The summed E-state index contributed by atoms with van der Waals surface area (Å²) in [4.78, 5) is 22.2. The van der Waals surface area contributed by atoms with Crippen LogP contribution in [0, 0.1) is 0 Å². The van der Waals surface area contributed by atoms with Gasteiger partial charge >= 0.3 is 5.97 Å². The largest absolute Gasteiger partial charge is 0.496 e. The number of ether oxygens (including phenoxy) is 1.